The summed E-state index contributed by atoms with van der Waals surface area (Å²) in [4.78, 5) is 14.1. The minimum Gasteiger partial charge on any atom is -0.348 e. The summed E-state index contributed by atoms with van der Waals surface area (Å²) in [6, 6.07) is 0. The van der Waals surface area contributed by atoms with Gasteiger partial charge in [0.15, 0.2) is 5.79 Å². The highest BCUT2D eigenvalue weighted by Gasteiger charge is 2.41. The maximum Gasteiger partial charge on any atom is 0.241 e. The molecule has 0 saturated carbocycles. The number of halogens is 1. The molecule has 1 amide bonds. The Morgan fingerprint density at radius 3 is 2.58 bits per heavy atom. The monoisotopic (exact) mass is 287 g/mol. The molecular weight excluding hydrogens is 266 g/mol. The van der Waals surface area contributed by atoms with E-state index in [1.807, 2.05) is 18.7 Å². The van der Waals surface area contributed by atoms with Crippen molar-refractivity contribution in [2.45, 2.75) is 44.0 Å². The van der Waals surface area contributed by atoms with Gasteiger partial charge in [-0.25, -0.2) is 0 Å². The predicted octanol–water partition coefficient (Wildman–Crippen LogP) is 2.17. The van der Waals surface area contributed by atoms with Crippen molar-refractivity contribution in [3.05, 3.63) is 12.7 Å². The largest absolute Gasteiger partial charge is 0.348 e. The lowest BCUT2D eigenvalue weighted by Crippen LogP contribution is -2.42. The molecular formula is C14H22ClNO3. The second kappa shape index (κ2) is 5.81. The SMILES string of the molecule is C=C[C@H]([C@H]1COC(C)(C)O1)[C@@H](Cl)C(=O)N1CCCC1. The predicted molar refractivity (Wildman–Crippen MR) is 74.0 cm³/mol. The number of carbonyl (C=O) groups excluding carboxylic acids is 1. The molecule has 2 heterocycles. The van der Waals surface area contributed by atoms with Crippen LogP contribution >= 0.6 is 11.6 Å². The highest BCUT2D eigenvalue weighted by molar-refractivity contribution is 6.31. The van der Waals surface area contributed by atoms with E-state index in [9.17, 15) is 4.79 Å². The van der Waals surface area contributed by atoms with Gasteiger partial charge in [-0.3, -0.25) is 4.79 Å². The first kappa shape index (κ1) is 14.8. The van der Waals surface area contributed by atoms with Crippen LogP contribution in [0.3, 0.4) is 0 Å². The number of carbonyl (C=O) groups is 1. The average molecular weight is 288 g/mol. The van der Waals surface area contributed by atoms with E-state index in [2.05, 4.69) is 6.58 Å². The van der Waals surface area contributed by atoms with Crippen LogP contribution < -0.4 is 0 Å². The molecule has 4 nitrogen and oxygen atoms in total. The Labute approximate surface area is 119 Å². The normalized spacial score (nSPS) is 29.2. The maximum atomic E-state index is 12.3. The van der Waals surface area contributed by atoms with Gasteiger partial charge in [0, 0.05) is 19.0 Å². The number of alkyl halides is 1. The number of amides is 1. The van der Waals surface area contributed by atoms with E-state index in [0.29, 0.717) is 6.61 Å². The van der Waals surface area contributed by atoms with Gasteiger partial charge in [-0.15, -0.1) is 18.2 Å². The van der Waals surface area contributed by atoms with Gasteiger partial charge in [0.1, 0.15) is 5.38 Å². The van der Waals surface area contributed by atoms with Crippen molar-refractivity contribution in [2.75, 3.05) is 19.7 Å². The van der Waals surface area contributed by atoms with Crippen molar-refractivity contribution in [3.63, 3.8) is 0 Å². The molecule has 0 aromatic carbocycles. The minimum atomic E-state index is -0.627. The van der Waals surface area contributed by atoms with Gasteiger partial charge in [-0.1, -0.05) is 6.08 Å². The van der Waals surface area contributed by atoms with Crippen LogP contribution in [0.25, 0.3) is 0 Å². The lowest BCUT2D eigenvalue weighted by atomic mass is 9.97. The lowest BCUT2D eigenvalue weighted by Gasteiger charge is -2.27. The maximum absolute atomic E-state index is 12.3. The molecule has 0 N–H and O–H groups in total. The number of hydrogen-bond donors (Lipinski definition) is 0. The summed E-state index contributed by atoms with van der Waals surface area (Å²) in [5.41, 5.74) is 0. The Bertz CT molecular complexity index is 353. The molecule has 0 bridgehead atoms. The first-order chi connectivity index (χ1) is 8.94. The number of likely N-dealkylation sites (tertiary alicyclic amines) is 1. The van der Waals surface area contributed by atoms with Crippen molar-refractivity contribution in [3.8, 4) is 0 Å². The molecule has 3 atom stereocenters. The van der Waals surface area contributed by atoms with Gasteiger partial charge in [0.2, 0.25) is 5.91 Å². The fourth-order valence-corrected chi connectivity index (χ4v) is 3.04. The molecule has 2 aliphatic rings. The van der Waals surface area contributed by atoms with E-state index in [1.165, 1.54) is 0 Å². The minimum absolute atomic E-state index is 0.0163. The van der Waals surface area contributed by atoms with Crippen LogP contribution in [0, 0.1) is 5.92 Å². The second-order valence-corrected chi connectivity index (χ2v) is 6.08. The van der Waals surface area contributed by atoms with Gasteiger partial charge in [-0.2, -0.15) is 0 Å². The van der Waals surface area contributed by atoms with Crippen LogP contribution in [0.4, 0.5) is 0 Å². The van der Waals surface area contributed by atoms with E-state index < -0.39 is 11.2 Å². The Hall–Kier alpha value is -0.580. The van der Waals surface area contributed by atoms with Crippen LogP contribution in [0.2, 0.25) is 0 Å². The first-order valence-corrected chi connectivity index (χ1v) is 7.25. The fraction of sp³-hybridized carbons (Fsp3) is 0.786. The highest BCUT2D eigenvalue weighted by atomic mass is 35.5. The van der Waals surface area contributed by atoms with Crippen LogP contribution in [0.5, 0.6) is 0 Å². The molecule has 2 aliphatic heterocycles. The molecule has 0 unspecified atom stereocenters. The summed E-state index contributed by atoms with van der Waals surface area (Å²) < 4.78 is 11.3. The molecule has 2 rings (SSSR count). The molecule has 0 aromatic rings. The third-order valence-corrected chi connectivity index (χ3v) is 4.20. The summed E-state index contributed by atoms with van der Waals surface area (Å²) >= 11 is 6.35. The third-order valence-electron chi connectivity index (χ3n) is 3.72. The van der Waals surface area contributed by atoms with Crippen LogP contribution in [0.1, 0.15) is 26.7 Å². The topological polar surface area (TPSA) is 38.8 Å². The number of nitrogens with zero attached hydrogens (tertiary/aromatic N) is 1. The van der Waals surface area contributed by atoms with Gasteiger partial charge in [0.05, 0.1) is 12.7 Å². The Balaban J connectivity index is 2.00. The summed E-state index contributed by atoms with van der Waals surface area (Å²) in [6.45, 7) is 9.57. The number of ether oxygens (including phenoxy) is 2. The van der Waals surface area contributed by atoms with Gasteiger partial charge in [-0.05, 0) is 26.7 Å². The van der Waals surface area contributed by atoms with Gasteiger partial charge in [0.25, 0.3) is 0 Å². The van der Waals surface area contributed by atoms with Crippen molar-refractivity contribution < 1.29 is 14.3 Å². The summed E-state index contributed by atoms with van der Waals surface area (Å²) in [7, 11) is 0. The zero-order valence-electron chi connectivity index (χ0n) is 11.6. The smallest absolute Gasteiger partial charge is 0.241 e. The standard InChI is InChI=1S/C14H22ClNO3/c1-4-10(11-9-18-14(2,3)19-11)12(15)13(17)16-7-5-6-8-16/h4,10-12H,1,5-9H2,2-3H3/t10-,11-,12-/m1/s1. The molecule has 19 heavy (non-hydrogen) atoms. The molecule has 0 aliphatic carbocycles. The molecule has 108 valence electrons. The van der Waals surface area contributed by atoms with E-state index in [0.717, 1.165) is 25.9 Å². The summed E-state index contributed by atoms with van der Waals surface area (Å²) in [6.07, 6.45) is 3.62. The lowest BCUT2D eigenvalue weighted by molar-refractivity contribution is -0.145. The molecule has 2 saturated heterocycles. The van der Waals surface area contributed by atoms with E-state index in [-0.39, 0.29) is 17.9 Å². The van der Waals surface area contributed by atoms with Crippen molar-refractivity contribution in [2.24, 2.45) is 5.92 Å². The fourth-order valence-electron chi connectivity index (χ4n) is 2.64. The first-order valence-electron chi connectivity index (χ1n) is 6.82. The summed E-state index contributed by atoms with van der Waals surface area (Å²) in [5, 5.41) is -0.627. The average Bonchev–Trinajstić information content (AvgIpc) is 2.98. The Morgan fingerprint density at radius 1 is 1.47 bits per heavy atom. The quantitative estimate of drug-likeness (QED) is 0.588. The second-order valence-electron chi connectivity index (χ2n) is 5.61. The van der Waals surface area contributed by atoms with Gasteiger partial charge < -0.3 is 14.4 Å². The van der Waals surface area contributed by atoms with E-state index in [1.54, 1.807) is 6.08 Å². The molecule has 0 radical (unpaired) electrons. The van der Waals surface area contributed by atoms with Crippen LogP contribution in [-0.2, 0) is 14.3 Å². The van der Waals surface area contributed by atoms with Crippen molar-refractivity contribution >= 4 is 17.5 Å². The summed E-state index contributed by atoms with van der Waals surface area (Å²) in [5.74, 6) is -0.854. The molecule has 0 aromatic heterocycles. The van der Waals surface area contributed by atoms with Crippen molar-refractivity contribution in [1.82, 2.24) is 4.90 Å². The van der Waals surface area contributed by atoms with E-state index in [4.69, 9.17) is 21.1 Å². The Kier molecular flexibility index (Phi) is 4.54. The van der Waals surface area contributed by atoms with Crippen LogP contribution in [-0.4, -0.2) is 47.8 Å². The molecule has 2 fully saturated rings. The Morgan fingerprint density at radius 2 is 2.11 bits per heavy atom. The molecule has 0 spiro atoms. The molecule has 5 heteroatoms. The van der Waals surface area contributed by atoms with Crippen LogP contribution in [0.15, 0.2) is 12.7 Å². The van der Waals surface area contributed by atoms with E-state index >= 15 is 0 Å². The third kappa shape index (κ3) is 3.30. The number of rotatable bonds is 4. The highest BCUT2D eigenvalue weighted by Crippen LogP contribution is 2.31. The van der Waals surface area contributed by atoms with Crippen molar-refractivity contribution in [1.29, 1.82) is 0 Å². The zero-order valence-corrected chi connectivity index (χ0v) is 12.4. The number of hydrogen-bond acceptors (Lipinski definition) is 3. The van der Waals surface area contributed by atoms with Gasteiger partial charge >= 0.3 is 0 Å². The zero-order chi connectivity index (χ0) is 14.0.